The van der Waals surface area contributed by atoms with Crippen LogP contribution in [0.2, 0.25) is 0 Å². The highest BCUT2D eigenvalue weighted by Crippen LogP contribution is 2.39. The van der Waals surface area contributed by atoms with Gasteiger partial charge in [-0.1, -0.05) is 13.8 Å². The molecule has 172 valence electrons. The molecule has 5 nitrogen and oxygen atoms in total. The van der Waals surface area contributed by atoms with Crippen LogP contribution in [0.3, 0.4) is 0 Å². The highest BCUT2D eigenvalue weighted by atomic mass is 19.4. The van der Waals surface area contributed by atoms with E-state index in [9.17, 15) is 22.0 Å². The van der Waals surface area contributed by atoms with E-state index in [2.05, 4.69) is 33.8 Å². The van der Waals surface area contributed by atoms with Crippen LogP contribution in [-0.4, -0.2) is 32.8 Å². The monoisotopic (exact) mass is 453 g/mol. The van der Waals surface area contributed by atoms with Gasteiger partial charge >= 0.3 is 6.18 Å². The molecule has 0 aliphatic carbocycles. The molecule has 0 saturated carbocycles. The van der Waals surface area contributed by atoms with Gasteiger partial charge < -0.3 is 4.90 Å². The van der Waals surface area contributed by atoms with Gasteiger partial charge in [-0.05, 0) is 37.7 Å². The molecule has 3 aromatic rings. The van der Waals surface area contributed by atoms with E-state index in [1.807, 2.05) is 0 Å². The second-order valence-electron chi connectivity index (χ2n) is 8.67. The van der Waals surface area contributed by atoms with Crippen molar-refractivity contribution in [2.24, 2.45) is 18.9 Å². The topological polar surface area (TPSA) is 46.8 Å². The maximum Gasteiger partial charge on any atom is 0.419 e. The Morgan fingerprint density at radius 3 is 2.34 bits per heavy atom. The molecule has 3 heterocycles. The summed E-state index contributed by atoms with van der Waals surface area (Å²) in [6.07, 6.45) is -1.47. The summed E-state index contributed by atoms with van der Waals surface area (Å²) in [6, 6.07) is 0.462. The number of benzene rings is 1. The molecule has 1 saturated heterocycles. The average molecular weight is 453 g/mol. The first kappa shape index (κ1) is 22.4. The van der Waals surface area contributed by atoms with Crippen molar-refractivity contribution in [1.29, 1.82) is 0 Å². The Balaban J connectivity index is 1.76. The lowest BCUT2D eigenvalue weighted by Crippen LogP contribution is -2.36. The Bertz CT molecular complexity index is 1160. The SMILES string of the molecule is Cc1c(F)c(-c2nn(C)c3nc(N4CCC(C(C)C)CC4)ncc23)cc(C(F)(F)F)c1F. The maximum absolute atomic E-state index is 14.8. The van der Waals surface area contributed by atoms with Crippen molar-refractivity contribution in [3.63, 3.8) is 0 Å². The van der Waals surface area contributed by atoms with Crippen LogP contribution in [0, 0.1) is 30.4 Å². The molecular weight excluding hydrogens is 429 g/mol. The zero-order chi connectivity index (χ0) is 23.4. The zero-order valence-electron chi connectivity index (χ0n) is 18.3. The third-order valence-corrected chi connectivity index (χ3v) is 6.31. The van der Waals surface area contributed by atoms with Crippen LogP contribution < -0.4 is 4.90 Å². The summed E-state index contributed by atoms with van der Waals surface area (Å²) >= 11 is 0. The fourth-order valence-electron chi connectivity index (χ4n) is 4.30. The fraction of sp³-hybridized carbons (Fsp3) is 0.500. The van der Waals surface area contributed by atoms with Crippen molar-refractivity contribution in [3.05, 3.63) is 35.0 Å². The molecule has 1 aromatic carbocycles. The Labute approximate surface area is 182 Å². The van der Waals surface area contributed by atoms with E-state index < -0.39 is 34.5 Å². The summed E-state index contributed by atoms with van der Waals surface area (Å²) in [5.74, 6) is -0.958. The number of hydrogen-bond acceptors (Lipinski definition) is 4. The number of anilines is 1. The molecule has 10 heteroatoms. The number of rotatable bonds is 3. The maximum atomic E-state index is 14.8. The molecular formula is C22H24F5N5. The molecule has 0 radical (unpaired) electrons. The van der Waals surface area contributed by atoms with Crippen LogP contribution >= 0.6 is 0 Å². The van der Waals surface area contributed by atoms with Gasteiger partial charge in [0.1, 0.15) is 17.3 Å². The number of fused-ring (bicyclic) bond motifs is 1. The minimum absolute atomic E-state index is 0.0568. The molecule has 0 bridgehead atoms. The fourth-order valence-corrected chi connectivity index (χ4v) is 4.30. The van der Waals surface area contributed by atoms with Gasteiger partial charge in [0.25, 0.3) is 0 Å². The largest absolute Gasteiger partial charge is 0.419 e. The highest BCUT2D eigenvalue weighted by molar-refractivity contribution is 5.91. The average Bonchev–Trinajstić information content (AvgIpc) is 3.07. The summed E-state index contributed by atoms with van der Waals surface area (Å²) < 4.78 is 70.2. The number of aryl methyl sites for hydroxylation is 1. The van der Waals surface area contributed by atoms with Crippen molar-refractivity contribution in [1.82, 2.24) is 19.7 Å². The number of hydrogen-bond donors (Lipinski definition) is 0. The predicted molar refractivity (Wildman–Crippen MR) is 111 cm³/mol. The van der Waals surface area contributed by atoms with Crippen LogP contribution in [-0.2, 0) is 13.2 Å². The Kier molecular flexibility index (Phi) is 5.58. The first-order chi connectivity index (χ1) is 15.0. The van der Waals surface area contributed by atoms with E-state index in [1.165, 1.54) is 10.9 Å². The second-order valence-corrected chi connectivity index (χ2v) is 8.67. The molecule has 2 aromatic heterocycles. The summed E-state index contributed by atoms with van der Waals surface area (Å²) in [4.78, 5) is 11.0. The molecule has 0 spiro atoms. The molecule has 0 atom stereocenters. The van der Waals surface area contributed by atoms with E-state index in [0.717, 1.165) is 32.9 Å². The molecule has 0 unspecified atom stereocenters. The quantitative estimate of drug-likeness (QED) is 0.491. The number of piperidine rings is 1. The Morgan fingerprint density at radius 2 is 1.75 bits per heavy atom. The van der Waals surface area contributed by atoms with Gasteiger partial charge in [0.2, 0.25) is 5.95 Å². The number of nitrogens with zero attached hydrogens (tertiary/aromatic N) is 5. The smallest absolute Gasteiger partial charge is 0.341 e. The molecule has 32 heavy (non-hydrogen) atoms. The summed E-state index contributed by atoms with van der Waals surface area (Å²) in [5.41, 5.74) is -2.37. The van der Waals surface area contributed by atoms with Crippen molar-refractivity contribution in [2.75, 3.05) is 18.0 Å². The van der Waals surface area contributed by atoms with E-state index in [0.29, 0.717) is 34.9 Å². The molecule has 1 fully saturated rings. The van der Waals surface area contributed by atoms with Crippen LogP contribution in [0.5, 0.6) is 0 Å². The molecule has 1 aliphatic rings. The molecule has 4 rings (SSSR count). The minimum atomic E-state index is -4.96. The normalized spacial score (nSPS) is 15.9. The van der Waals surface area contributed by atoms with Gasteiger partial charge in [0.05, 0.1) is 10.9 Å². The number of aromatic nitrogens is 4. The van der Waals surface area contributed by atoms with Gasteiger partial charge in [-0.2, -0.15) is 23.3 Å². The summed E-state index contributed by atoms with van der Waals surface area (Å²) in [6.45, 7) is 7.00. The highest BCUT2D eigenvalue weighted by Gasteiger charge is 2.37. The molecule has 0 amide bonds. The van der Waals surface area contributed by atoms with Gasteiger partial charge in [-0.3, -0.25) is 0 Å². The predicted octanol–water partition coefficient (Wildman–Crippen LogP) is 5.51. The summed E-state index contributed by atoms with van der Waals surface area (Å²) in [7, 11) is 1.58. The van der Waals surface area contributed by atoms with E-state index in [4.69, 9.17) is 0 Å². The third kappa shape index (κ3) is 3.80. The van der Waals surface area contributed by atoms with Crippen molar-refractivity contribution >= 4 is 17.0 Å². The van der Waals surface area contributed by atoms with Crippen molar-refractivity contribution in [2.45, 2.75) is 39.8 Å². The van der Waals surface area contributed by atoms with E-state index in [1.54, 1.807) is 7.05 Å². The van der Waals surface area contributed by atoms with E-state index >= 15 is 0 Å². The van der Waals surface area contributed by atoms with Crippen LogP contribution in [0.1, 0.15) is 37.8 Å². The second kappa shape index (κ2) is 7.97. The Hall–Kier alpha value is -2.78. The molecule has 1 aliphatic heterocycles. The first-order valence-corrected chi connectivity index (χ1v) is 10.5. The van der Waals surface area contributed by atoms with E-state index in [-0.39, 0.29) is 5.69 Å². The zero-order valence-corrected chi connectivity index (χ0v) is 18.3. The summed E-state index contributed by atoms with van der Waals surface area (Å²) in [5, 5.41) is 4.50. The van der Waals surface area contributed by atoms with Crippen LogP contribution in [0.15, 0.2) is 12.3 Å². The molecule has 0 N–H and O–H groups in total. The van der Waals surface area contributed by atoms with Gasteiger partial charge in [0.15, 0.2) is 5.65 Å². The van der Waals surface area contributed by atoms with Gasteiger partial charge in [-0.25, -0.2) is 18.4 Å². The van der Waals surface area contributed by atoms with Gasteiger partial charge in [0, 0.05) is 37.5 Å². The van der Waals surface area contributed by atoms with Crippen molar-refractivity contribution < 1.29 is 22.0 Å². The lowest BCUT2D eigenvalue weighted by Gasteiger charge is -2.33. The van der Waals surface area contributed by atoms with Crippen molar-refractivity contribution in [3.8, 4) is 11.3 Å². The van der Waals surface area contributed by atoms with Gasteiger partial charge in [-0.15, -0.1) is 0 Å². The van der Waals surface area contributed by atoms with Crippen LogP contribution in [0.4, 0.5) is 27.9 Å². The minimum Gasteiger partial charge on any atom is -0.341 e. The number of halogens is 5. The standard InChI is InChI=1S/C22H24F5N5/c1-11(2)13-5-7-32(8-6-13)21-28-10-15-19(30-31(4)20(15)29-21)14-9-16(22(25,26)27)18(24)12(3)17(14)23/h9-11,13H,5-8H2,1-4H3. The lowest BCUT2D eigenvalue weighted by molar-refractivity contribution is -0.140. The Morgan fingerprint density at radius 1 is 1.09 bits per heavy atom. The number of alkyl halides is 3. The third-order valence-electron chi connectivity index (χ3n) is 6.31. The van der Waals surface area contributed by atoms with Crippen LogP contribution in [0.25, 0.3) is 22.3 Å². The lowest BCUT2D eigenvalue weighted by atomic mass is 9.87. The first-order valence-electron chi connectivity index (χ1n) is 10.5.